The molecule has 1 rings (SSSR count). The lowest BCUT2D eigenvalue weighted by molar-refractivity contribution is 0.132. The summed E-state index contributed by atoms with van der Waals surface area (Å²) >= 11 is 0. The van der Waals surface area contributed by atoms with Gasteiger partial charge in [-0.05, 0) is 30.9 Å². The van der Waals surface area contributed by atoms with Crippen LogP contribution in [0.4, 0.5) is 0 Å². The molecule has 0 saturated heterocycles. The van der Waals surface area contributed by atoms with Crippen LogP contribution in [0.5, 0.6) is 0 Å². The Labute approximate surface area is 81.1 Å². The van der Waals surface area contributed by atoms with Crippen molar-refractivity contribution in [1.82, 2.24) is 0 Å². The van der Waals surface area contributed by atoms with E-state index in [0.29, 0.717) is 0 Å². The van der Waals surface area contributed by atoms with Crippen molar-refractivity contribution in [1.29, 1.82) is 0 Å². The van der Waals surface area contributed by atoms with E-state index in [9.17, 15) is 0 Å². The first-order valence-electron chi connectivity index (χ1n) is 4.64. The van der Waals surface area contributed by atoms with Crippen molar-refractivity contribution in [3.8, 4) is 0 Å². The molecule has 1 aliphatic rings. The predicted molar refractivity (Wildman–Crippen MR) is 53.3 cm³/mol. The van der Waals surface area contributed by atoms with Crippen LogP contribution < -0.4 is 0 Å². The summed E-state index contributed by atoms with van der Waals surface area (Å²) in [6.07, 6.45) is 6.88. The second kappa shape index (κ2) is 4.90. The van der Waals surface area contributed by atoms with Crippen LogP contribution in [0, 0.1) is 0 Å². The number of allylic oxidation sites excluding steroid dienone is 2. The first-order chi connectivity index (χ1) is 6.29. The summed E-state index contributed by atoms with van der Waals surface area (Å²) in [7, 11) is 2.53. The molecule has 0 heterocycles. The second-order valence-electron chi connectivity index (χ2n) is 3.14. The standard InChI is InChI=1S/C9H18O3Si/c1-10-13(11-2,12-3)9-7-5-4-6-8-9/h7H,4-6,8H2,1-3H3. The largest absolute Gasteiger partial charge is 0.531 e. The Morgan fingerprint density at radius 2 is 1.69 bits per heavy atom. The van der Waals surface area contributed by atoms with Gasteiger partial charge in [-0.25, -0.2) is 0 Å². The second-order valence-corrected chi connectivity index (χ2v) is 6.12. The third-order valence-electron chi connectivity index (χ3n) is 2.49. The van der Waals surface area contributed by atoms with E-state index in [1.807, 2.05) is 0 Å². The molecular formula is C9H18O3Si. The van der Waals surface area contributed by atoms with Crippen molar-refractivity contribution < 1.29 is 13.3 Å². The Kier molecular flexibility index (Phi) is 4.12. The minimum atomic E-state index is -2.46. The molecule has 0 spiro atoms. The first kappa shape index (κ1) is 10.9. The zero-order valence-corrected chi connectivity index (χ0v) is 9.63. The van der Waals surface area contributed by atoms with Crippen molar-refractivity contribution >= 4 is 8.80 Å². The zero-order valence-electron chi connectivity index (χ0n) is 8.63. The lowest BCUT2D eigenvalue weighted by Gasteiger charge is -2.28. The van der Waals surface area contributed by atoms with Gasteiger partial charge in [0.15, 0.2) is 0 Å². The Morgan fingerprint density at radius 1 is 1.08 bits per heavy atom. The molecule has 0 fully saturated rings. The highest BCUT2D eigenvalue weighted by molar-refractivity contribution is 6.68. The van der Waals surface area contributed by atoms with E-state index in [1.54, 1.807) is 21.3 Å². The van der Waals surface area contributed by atoms with Gasteiger partial charge in [0.05, 0.1) is 0 Å². The zero-order chi connectivity index (χ0) is 9.73. The van der Waals surface area contributed by atoms with Gasteiger partial charge in [-0.2, -0.15) is 0 Å². The summed E-state index contributed by atoms with van der Waals surface area (Å²) in [5.41, 5.74) is 0. The van der Waals surface area contributed by atoms with E-state index in [1.165, 1.54) is 18.0 Å². The molecule has 0 aromatic heterocycles. The van der Waals surface area contributed by atoms with Crippen LogP contribution in [0.2, 0.25) is 0 Å². The fourth-order valence-corrected chi connectivity index (χ4v) is 3.92. The molecule has 0 aromatic carbocycles. The third kappa shape index (κ3) is 2.20. The summed E-state index contributed by atoms with van der Waals surface area (Å²) in [6.45, 7) is 0. The maximum atomic E-state index is 5.40. The topological polar surface area (TPSA) is 27.7 Å². The molecule has 0 aromatic rings. The van der Waals surface area contributed by atoms with E-state index in [2.05, 4.69) is 6.08 Å². The molecule has 0 bridgehead atoms. The fourth-order valence-electron chi connectivity index (χ4n) is 1.76. The van der Waals surface area contributed by atoms with E-state index >= 15 is 0 Å². The quantitative estimate of drug-likeness (QED) is 0.652. The monoisotopic (exact) mass is 202 g/mol. The van der Waals surface area contributed by atoms with Crippen LogP contribution in [0.3, 0.4) is 0 Å². The molecular weight excluding hydrogens is 184 g/mol. The Morgan fingerprint density at radius 3 is 2.08 bits per heavy atom. The van der Waals surface area contributed by atoms with Crippen molar-refractivity contribution in [2.45, 2.75) is 25.7 Å². The Bertz CT molecular complexity index is 179. The maximum Gasteiger partial charge on any atom is 0.531 e. The predicted octanol–water partition coefficient (Wildman–Crippen LogP) is 1.90. The molecule has 0 atom stereocenters. The van der Waals surface area contributed by atoms with Crippen LogP contribution in [0.25, 0.3) is 0 Å². The highest BCUT2D eigenvalue weighted by Crippen LogP contribution is 2.27. The van der Waals surface area contributed by atoms with Gasteiger partial charge in [-0.15, -0.1) is 0 Å². The van der Waals surface area contributed by atoms with Crippen molar-refractivity contribution in [2.24, 2.45) is 0 Å². The van der Waals surface area contributed by atoms with Crippen molar-refractivity contribution in [3.63, 3.8) is 0 Å². The lowest BCUT2D eigenvalue weighted by Crippen LogP contribution is -2.45. The molecule has 0 N–H and O–H groups in total. The fraction of sp³-hybridized carbons (Fsp3) is 0.778. The van der Waals surface area contributed by atoms with Gasteiger partial charge in [0.2, 0.25) is 0 Å². The highest BCUT2D eigenvalue weighted by atomic mass is 28.4. The van der Waals surface area contributed by atoms with Crippen molar-refractivity contribution in [3.05, 3.63) is 11.3 Å². The number of rotatable bonds is 4. The van der Waals surface area contributed by atoms with E-state index in [4.69, 9.17) is 13.3 Å². The maximum absolute atomic E-state index is 5.40. The highest BCUT2D eigenvalue weighted by Gasteiger charge is 2.42. The van der Waals surface area contributed by atoms with Gasteiger partial charge in [0.25, 0.3) is 0 Å². The average Bonchev–Trinajstić information content (AvgIpc) is 2.23. The molecule has 13 heavy (non-hydrogen) atoms. The van der Waals surface area contributed by atoms with Crippen LogP contribution in [-0.2, 0) is 13.3 Å². The van der Waals surface area contributed by atoms with Crippen LogP contribution in [-0.4, -0.2) is 30.1 Å². The molecule has 3 nitrogen and oxygen atoms in total. The third-order valence-corrected chi connectivity index (χ3v) is 5.34. The minimum absolute atomic E-state index is 1.06. The molecule has 0 aliphatic heterocycles. The summed E-state index contributed by atoms with van der Waals surface area (Å²) in [4.78, 5) is 0. The van der Waals surface area contributed by atoms with Gasteiger partial charge in [-0.3, -0.25) is 0 Å². The molecule has 0 amide bonds. The number of hydrogen-bond acceptors (Lipinski definition) is 3. The van der Waals surface area contributed by atoms with Crippen molar-refractivity contribution in [2.75, 3.05) is 21.3 Å². The summed E-state index contributed by atoms with van der Waals surface area (Å²) in [5, 5.41) is 1.24. The molecule has 0 saturated carbocycles. The molecule has 1 aliphatic carbocycles. The molecule has 0 radical (unpaired) electrons. The first-order valence-corrected chi connectivity index (χ1v) is 6.36. The lowest BCUT2D eigenvalue weighted by atomic mass is 10.1. The molecule has 0 unspecified atom stereocenters. The smallest absolute Gasteiger partial charge is 0.374 e. The van der Waals surface area contributed by atoms with Gasteiger partial charge in [0.1, 0.15) is 0 Å². The minimum Gasteiger partial charge on any atom is -0.374 e. The van der Waals surface area contributed by atoms with E-state index in [-0.39, 0.29) is 0 Å². The Hall–Kier alpha value is -0.163. The van der Waals surface area contributed by atoms with Gasteiger partial charge < -0.3 is 13.3 Å². The molecule has 76 valence electrons. The van der Waals surface area contributed by atoms with Gasteiger partial charge >= 0.3 is 8.80 Å². The summed E-state index contributed by atoms with van der Waals surface area (Å²) in [6, 6.07) is 0. The summed E-state index contributed by atoms with van der Waals surface area (Å²) in [5.74, 6) is 0. The van der Waals surface area contributed by atoms with Crippen LogP contribution >= 0.6 is 0 Å². The summed E-state index contributed by atoms with van der Waals surface area (Å²) < 4.78 is 16.2. The normalized spacial score (nSPS) is 18.5. The van der Waals surface area contributed by atoms with E-state index < -0.39 is 8.80 Å². The Balaban J connectivity index is 2.78. The number of hydrogen-bond donors (Lipinski definition) is 0. The van der Waals surface area contributed by atoms with Gasteiger partial charge in [0, 0.05) is 21.3 Å². The average molecular weight is 202 g/mol. The van der Waals surface area contributed by atoms with Crippen LogP contribution in [0.1, 0.15) is 25.7 Å². The molecule has 4 heteroatoms. The SMILES string of the molecule is CO[Si](OC)(OC)C1=CCCCC1. The van der Waals surface area contributed by atoms with Crippen LogP contribution in [0.15, 0.2) is 11.3 Å². The van der Waals surface area contributed by atoms with E-state index in [0.717, 1.165) is 12.8 Å². The van der Waals surface area contributed by atoms with Gasteiger partial charge in [-0.1, -0.05) is 6.08 Å².